The molecule has 0 aromatic heterocycles. The van der Waals surface area contributed by atoms with E-state index in [0.717, 1.165) is 0 Å². The fourth-order valence-electron chi connectivity index (χ4n) is 2.79. The zero-order chi connectivity index (χ0) is 18.1. The Kier molecular flexibility index (Phi) is 5.45. The van der Waals surface area contributed by atoms with E-state index in [2.05, 4.69) is 0 Å². The Hall–Kier alpha value is -1.73. The number of hydrogen-bond acceptors (Lipinski definition) is 7. The lowest BCUT2D eigenvalue weighted by Crippen LogP contribution is -2.47. The van der Waals surface area contributed by atoms with Crippen LogP contribution in [0.3, 0.4) is 0 Å². The standard InChI is InChI=1S/C17H25NO6/c1-10-11(2)17(3,22)16(21)23-9-12-5-7-18(4)8-6-13(14(12)19)24-15(10)20/h5,10-11,13,22H,6-9H2,1-4H3. The van der Waals surface area contributed by atoms with Gasteiger partial charge in [0.25, 0.3) is 0 Å². The van der Waals surface area contributed by atoms with Gasteiger partial charge in [0.15, 0.2) is 11.7 Å². The second-order valence-electron chi connectivity index (χ2n) is 6.87. The predicted octanol–water partition coefficient (Wildman–Crippen LogP) is 0.309. The lowest BCUT2D eigenvalue weighted by atomic mass is 9.81. The van der Waals surface area contributed by atoms with Gasteiger partial charge in [-0.2, -0.15) is 0 Å². The summed E-state index contributed by atoms with van der Waals surface area (Å²) in [4.78, 5) is 39.2. The normalized spacial score (nSPS) is 36.6. The van der Waals surface area contributed by atoms with Crippen LogP contribution in [0.15, 0.2) is 11.6 Å². The number of rotatable bonds is 0. The van der Waals surface area contributed by atoms with Crippen molar-refractivity contribution >= 4 is 17.7 Å². The highest BCUT2D eigenvalue weighted by Crippen LogP contribution is 2.29. The molecule has 134 valence electrons. The van der Waals surface area contributed by atoms with E-state index in [1.807, 2.05) is 11.9 Å². The van der Waals surface area contributed by atoms with Crippen LogP contribution in [0.2, 0.25) is 0 Å². The molecule has 7 nitrogen and oxygen atoms in total. The van der Waals surface area contributed by atoms with Gasteiger partial charge in [-0.05, 0) is 14.0 Å². The average molecular weight is 339 g/mol. The number of fused-ring (bicyclic) bond motifs is 2. The first-order valence-corrected chi connectivity index (χ1v) is 8.16. The highest BCUT2D eigenvalue weighted by Gasteiger charge is 2.45. The molecule has 1 N–H and O–H groups in total. The van der Waals surface area contributed by atoms with E-state index in [4.69, 9.17) is 9.47 Å². The van der Waals surface area contributed by atoms with E-state index in [9.17, 15) is 19.5 Å². The maximum absolute atomic E-state index is 12.6. The molecule has 0 aromatic rings. The van der Waals surface area contributed by atoms with Crippen molar-refractivity contribution in [1.82, 2.24) is 4.90 Å². The van der Waals surface area contributed by atoms with Crippen molar-refractivity contribution in [3.05, 3.63) is 11.6 Å². The minimum absolute atomic E-state index is 0.239. The summed E-state index contributed by atoms with van der Waals surface area (Å²) in [7, 11) is 1.89. The Morgan fingerprint density at radius 1 is 1.29 bits per heavy atom. The van der Waals surface area contributed by atoms with Crippen molar-refractivity contribution in [3.8, 4) is 0 Å². The second kappa shape index (κ2) is 7.03. The molecule has 2 bridgehead atoms. The Morgan fingerprint density at radius 3 is 2.62 bits per heavy atom. The van der Waals surface area contributed by atoms with Crippen LogP contribution in [-0.2, 0) is 23.9 Å². The van der Waals surface area contributed by atoms with Gasteiger partial charge >= 0.3 is 11.9 Å². The third-order valence-corrected chi connectivity index (χ3v) is 5.07. The van der Waals surface area contributed by atoms with Gasteiger partial charge in [-0.3, -0.25) is 9.59 Å². The number of likely N-dealkylation sites (N-methyl/N-ethyl adjacent to an activating group) is 1. The SMILES string of the molecule is CC1C(=O)OC2CCN(C)CC=C(COC(=O)C(C)(O)C1C)C2=O. The van der Waals surface area contributed by atoms with Crippen molar-refractivity contribution in [3.63, 3.8) is 0 Å². The molecule has 2 heterocycles. The molecule has 1 fully saturated rings. The van der Waals surface area contributed by atoms with Crippen LogP contribution in [0.25, 0.3) is 0 Å². The number of carbonyl (C=O) groups excluding carboxylic acids is 3. The number of carbonyl (C=O) groups is 3. The highest BCUT2D eigenvalue weighted by atomic mass is 16.6. The van der Waals surface area contributed by atoms with Crippen molar-refractivity contribution in [2.75, 3.05) is 26.7 Å². The summed E-state index contributed by atoms with van der Waals surface area (Å²) < 4.78 is 10.6. The van der Waals surface area contributed by atoms with Gasteiger partial charge < -0.3 is 19.5 Å². The Balaban J connectivity index is 2.40. The largest absolute Gasteiger partial charge is 0.459 e. The Bertz CT molecular complexity index is 567. The van der Waals surface area contributed by atoms with Gasteiger partial charge in [0.2, 0.25) is 5.78 Å². The lowest BCUT2D eigenvalue weighted by molar-refractivity contribution is -0.173. The van der Waals surface area contributed by atoms with E-state index in [1.165, 1.54) is 6.92 Å². The summed E-state index contributed by atoms with van der Waals surface area (Å²) >= 11 is 0. The molecule has 0 spiro atoms. The number of cyclic esters (lactones) is 1. The summed E-state index contributed by atoms with van der Waals surface area (Å²) in [6.45, 7) is 5.37. The fourth-order valence-corrected chi connectivity index (χ4v) is 2.79. The molecule has 0 radical (unpaired) electrons. The molecule has 4 atom stereocenters. The van der Waals surface area contributed by atoms with E-state index in [0.29, 0.717) is 19.5 Å². The summed E-state index contributed by atoms with van der Waals surface area (Å²) in [5, 5.41) is 10.5. The fraction of sp³-hybridized carbons (Fsp3) is 0.706. The third-order valence-electron chi connectivity index (χ3n) is 5.07. The molecule has 2 aliphatic rings. The smallest absolute Gasteiger partial charge is 0.338 e. The van der Waals surface area contributed by atoms with Crippen LogP contribution in [0.5, 0.6) is 0 Å². The monoisotopic (exact) mass is 339 g/mol. The van der Waals surface area contributed by atoms with Gasteiger partial charge in [0, 0.05) is 31.0 Å². The number of Topliss-reactive ketones (excluding diaryl/α,β-unsaturated/α-hetero) is 1. The first-order valence-electron chi connectivity index (χ1n) is 8.16. The second-order valence-corrected chi connectivity index (χ2v) is 6.87. The van der Waals surface area contributed by atoms with Crippen LogP contribution < -0.4 is 0 Å². The molecular weight excluding hydrogens is 314 g/mol. The van der Waals surface area contributed by atoms with Gasteiger partial charge in [-0.15, -0.1) is 0 Å². The minimum Gasteiger partial charge on any atom is -0.459 e. The summed E-state index contributed by atoms with van der Waals surface area (Å²) in [5.74, 6) is -3.26. The van der Waals surface area contributed by atoms with Crippen molar-refractivity contribution < 1.29 is 29.0 Å². The Morgan fingerprint density at radius 2 is 1.96 bits per heavy atom. The van der Waals surface area contributed by atoms with E-state index < -0.39 is 35.5 Å². The molecule has 0 aliphatic carbocycles. The predicted molar refractivity (Wildman–Crippen MR) is 85.0 cm³/mol. The maximum Gasteiger partial charge on any atom is 0.338 e. The molecule has 1 saturated heterocycles. The zero-order valence-corrected chi connectivity index (χ0v) is 14.6. The third kappa shape index (κ3) is 3.67. The van der Waals surface area contributed by atoms with E-state index >= 15 is 0 Å². The number of aliphatic hydroxyl groups is 1. The summed E-state index contributed by atoms with van der Waals surface area (Å²) in [6.07, 6.45) is 1.15. The number of ether oxygens (including phenoxy) is 2. The quantitative estimate of drug-likeness (QED) is 0.635. The molecule has 0 amide bonds. The van der Waals surface area contributed by atoms with Gasteiger partial charge in [-0.1, -0.05) is 19.9 Å². The van der Waals surface area contributed by atoms with Crippen LogP contribution >= 0.6 is 0 Å². The average Bonchev–Trinajstić information content (AvgIpc) is 2.54. The minimum atomic E-state index is -1.84. The van der Waals surface area contributed by atoms with Gasteiger partial charge in [0.1, 0.15) is 6.61 Å². The van der Waals surface area contributed by atoms with Crippen molar-refractivity contribution in [1.29, 1.82) is 0 Å². The number of hydrogen-bond donors (Lipinski definition) is 1. The lowest BCUT2D eigenvalue weighted by Gasteiger charge is -2.31. The molecule has 2 rings (SSSR count). The number of esters is 2. The molecule has 0 aromatic carbocycles. The van der Waals surface area contributed by atoms with Crippen LogP contribution in [-0.4, -0.2) is 66.2 Å². The van der Waals surface area contributed by atoms with Crippen molar-refractivity contribution in [2.45, 2.75) is 38.9 Å². The van der Waals surface area contributed by atoms with Crippen LogP contribution in [0.4, 0.5) is 0 Å². The summed E-state index contributed by atoms with van der Waals surface area (Å²) in [6, 6.07) is 0. The Labute approximate surface area is 141 Å². The molecule has 24 heavy (non-hydrogen) atoms. The zero-order valence-electron chi connectivity index (χ0n) is 14.6. The maximum atomic E-state index is 12.6. The van der Waals surface area contributed by atoms with Crippen molar-refractivity contribution in [2.24, 2.45) is 11.8 Å². The molecular formula is C17H25NO6. The number of ketones is 1. The van der Waals surface area contributed by atoms with Gasteiger partial charge in [0.05, 0.1) is 5.92 Å². The van der Waals surface area contributed by atoms with E-state index in [-0.39, 0.29) is 18.0 Å². The molecule has 2 aliphatic heterocycles. The topological polar surface area (TPSA) is 93.1 Å². The molecule has 4 unspecified atom stereocenters. The molecule has 7 heteroatoms. The first kappa shape index (κ1) is 18.6. The van der Waals surface area contributed by atoms with Crippen LogP contribution in [0, 0.1) is 11.8 Å². The van der Waals surface area contributed by atoms with E-state index in [1.54, 1.807) is 19.9 Å². The number of nitrogens with zero attached hydrogens (tertiary/aromatic N) is 1. The highest BCUT2D eigenvalue weighted by molar-refractivity contribution is 6.00. The van der Waals surface area contributed by atoms with Gasteiger partial charge in [-0.25, -0.2) is 4.79 Å². The first-order chi connectivity index (χ1) is 11.1. The molecule has 0 saturated carbocycles. The van der Waals surface area contributed by atoms with Crippen LogP contribution in [0.1, 0.15) is 27.2 Å². The summed E-state index contributed by atoms with van der Waals surface area (Å²) in [5.41, 5.74) is -1.56.